The molecule has 2 aromatic carbocycles. The van der Waals surface area contributed by atoms with Gasteiger partial charge in [0, 0.05) is 5.56 Å². The van der Waals surface area contributed by atoms with Gasteiger partial charge in [-0.3, -0.25) is 0 Å². The molecule has 0 heterocycles. The molecule has 0 aromatic heterocycles. The molecule has 0 spiro atoms. The highest BCUT2D eigenvalue weighted by atomic mass is 28.3. The molecule has 35 heavy (non-hydrogen) atoms. The number of para-hydroxylation sites is 1. The molecule has 0 unspecified atom stereocenters. The van der Waals surface area contributed by atoms with Gasteiger partial charge in [-0.1, -0.05) is 61.9 Å². The molecular formula is C27H37NO6Si. The summed E-state index contributed by atoms with van der Waals surface area (Å²) < 4.78 is 21.5. The lowest BCUT2D eigenvalue weighted by Gasteiger charge is -2.24. The number of rotatable bonds is 13. The zero-order valence-corrected chi connectivity index (χ0v) is 22.8. The maximum Gasteiger partial charge on any atom is 0.377 e. The van der Waals surface area contributed by atoms with Crippen molar-refractivity contribution in [3.8, 4) is 11.5 Å². The van der Waals surface area contributed by atoms with Crippen molar-refractivity contribution in [1.29, 1.82) is 0 Å². The molecule has 190 valence electrons. The van der Waals surface area contributed by atoms with Gasteiger partial charge in [-0.15, -0.1) is 0 Å². The summed E-state index contributed by atoms with van der Waals surface area (Å²) in [5, 5.41) is 5.59. The van der Waals surface area contributed by atoms with E-state index in [1.165, 1.54) is 25.7 Å². The fourth-order valence-electron chi connectivity index (χ4n) is 3.27. The fourth-order valence-corrected chi connectivity index (χ4v) is 5.19. The van der Waals surface area contributed by atoms with Crippen molar-refractivity contribution in [2.75, 3.05) is 27.1 Å². The molecule has 0 saturated carbocycles. The maximum atomic E-state index is 11.9. The van der Waals surface area contributed by atoms with Crippen LogP contribution >= 0.6 is 0 Å². The number of hydrogen-bond donors (Lipinski definition) is 0. The van der Waals surface area contributed by atoms with Crippen LogP contribution in [0.15, 0.2) is 59.6 Å². The Kier molecular flexibility index (Phi) is 10.9. The van der Waals surface area contributed by atoms with E-state index in [0.29, 0.717) is 24.3 Å². The van der Waals surface area contributed by atoms with Crippen molar-refractivity contribution in [3.05, 3.63) is 65.6 Å². The van der Waals surface area contributed by atoms with Gasteiger partial charge in [0.1, 0.15) is 32.1 Å². The molecule has 2 aromatic rings. The first-order valence-corrected chi connectivity index (χ1v) is 14.9. The van der Waals surface area contributed by atoms with Crippen molar-refractivity contribution >= 4 is 24.9 Å². The number of nitrogens with zero attached hydrogens (tertiary/aromatic N) is 1. The summed E-state index contributed by atoms with van der Waals surface area (Å²) >= 11 is 0. The van der Waals surface area contributed by atoms with E-state index in [-0.39, 0.29) is 5.76 Å². The first kappa shape index (κ1) is 28.0. The van der Waals surface area contributed by atoms with Gasteiger partial charge in [0.05, 0.1) is 26.5 Å². The number of carbonyl (C=O) groups is 1. The molecule has 0 amide bonds. The van der Waals surface area contributed by atoms with E-state index in [2.05, 4.69) is 31.2 Å². The topological polar surface area (TPSA) is 75.6 Å². The highest BCUT2D eigenvalue weighted by Crippen LogP contribution is 2.23. The molecule has 0 aliphatic carbocycles. The Hall–Kier alpha value is -3.26. The summed E-state index contributed by atoms with van der Waals surface area (Å²) in [7, 11) is 0.748. The van der Waals surface area contributed by atoms with Crippen LogP contribution in [0.5, 0.6) is 11.5 Å². The first-order valence-electron chi connectivity index (χ1n) is 11.7. The summed E-state index contributed by atoms with van der Waals surface area (Å²) in [6, 6.07) is 13.8. The Morgan fingerprint density at radius 2 is 1.83 bits per heavy atom. The van der Waals surface area contributed by atoms with Crippen molar-refractivity contribution in [1.82, 2.24) is 0 Å². The number of oxime groups is 1. The number of esters is 1. The largest absolute Gasteiger partial charge is 0.500 e. The predicted molar refractivity (Wildman–Crippen MR) is 141 cm³/mol. The number of unbranched alkanes of at least 4 members (excludes halogenated alkanes) is 1. The third kappa shape index (κ3) is 8.17. The number of carbonyl (C=O) groups excluding carboxylic acids is 1. The molecule has 0 bridgehead atoms. The van der Waals surface area contributed by atoms with Gasteiger partial charge in [0.25, 0.3) is 0 Å². The zero-order chi connectivity index (χ0) is 25.8. The minimum absolute atomic E-state index is 0.0475. The molecule has 0 radical (unpaired) electrons. The van der Waals surface area contributed by atoms with Crippen molar-refractivity contribution in [3.63, 3.8) is 0 Å². The van der Waals surface area contributed by atoms with E-state index in [4.69, 9.17) is 23.8 Å². The number of methoxy groups -OCH3 is 2. The number of hydrogen-bond acceptors (Lipinski definition) is 7. The maximum absolute atomic E-state index is 11.9. The lowest BCUT2D eigenvalue weighted by molar-refractivity contribution is -0.138. The van der Waals surface area contributed by atoms with Gasteiger partial charge in [-0.25, -0.2) is 4.79 Å². The first-order chi connectivity index (χ1) is 16.7. The smallest absolute Gasteiger partial charge is 0.377 e. The summed E-state index contributed by atoms with van der Waals surface area (Å²) in [5.41, 5.74) is 2.36. The summed E-state index contributed by atoms with van der Waals surface area (Å²) in [4.78, 5) is 17.8. The van der Waals surface area contributed by atoms with Gasteiger partial charge in [-0.05, 0) is 43.2 Å². The molecule has 0 fully saturated rings. The molecule has 0 N–H and O–H groups in total. The Balaban J connectivity index is 2.14. The predicted octanol–water partition coefficient (Wildman–Crippen LogP) is 5.11. The van der Waals surface area contributed by atoms with E-state index in [1.807, 2.05) is 50.2 Å². The second kappa shape index (κ2) is 13.6. The van der Waals surface area contributed by atoms with Gasteiger partial charge in [0.15, 0.2) is 0 Å². The van der Waals surface area contributed by atoms with Crippen LogP contribution in [0.25, 0.3) is 0 Å². The van der Waals surface area contributed by atoms with Crippen LogP contribution in [0.4, 0.5) is 0 Å². The minimum Gasteiger partial charge on any atom is -0.500 e. The zero-order valence-electron chi connectivity index (χ0n) is 21.8. The molecule has 0 atom stereocenters. The van der Waals surface area contributed by atoms with Crippen molar-refractivity contribution in [2.24, 2.45) is 5.16 Å². The van der Waals surface area contributed by atoms with Gasteiger partial charge in [-0.2, -0.15) is 0 Å². The highest BCUT2D eigenvalue weighted by Gasteiger charge is 2.28. The normalized spacial score (nSPS) is 12.2. The van der Waals surface area contributed by atoms with Gasteiger partial charge in [0.2, 0.25) is 5.76 Å². The van der Waals surface area contributed by atoms with Gasteiger partial charge < -0.3 is 23.8 Å². The van der Waals surface area contributed by atoms with Crippen LogP contribution in [0.3, 0.4) is 0 Å². The average molecular weight is 500 g/mol. The molecule has 0 aliphatic heterocycles. The van der Waals surface area contributed by atoms with E-state index >= 15 is 0 Å². The Morgan fingerprint density at radius 3 is 2.51 bits per heavy atom. The molecule has 0 saturated heterocycles. The summed E-state index contributed by atoms with van der Waals surface area (Å²) in [6.07, 6.45) is 3.84. The van der Waals surface area contributed by atoms with Gasteiger partial charge >= 0.3 is 5.97 Å². The monoisotopic (exact) mass is 499 g/mol. The second-order valence-electron chi connectivity index (χ2n) is 8.82. The van der Waals surface area contributed by atoms with Crippen LogP contribution in [0.2, 0.25) is 13.1 Å². The van der Waals surface area contributed by atoms with E-state index < -0.39 is 14.0 Å². The number of benzene rings is 2. The number of aryl methyl sites for hydroxylation is 1. The van der Waals surface area contributed by atoms with Crippen LogP contribution < -0.4 is 14.7 Å². The Labute approximate surface area is 209 Å². The third-order valence-corrected chi connectivity index (χ3v) is 8.16. The highest BCUT2D eigenvalue weighted by molar-refractivity contribution is 6.90. The van der Waals surface area contributed by atoms with Crippen molar-refractivity contribution in [2.45, 2.75) is 46.7 Å². The SMILES string of the molecule is CCCCOc1ccccc1[Si](C)(C)CON=C(C)c1ccc(C)c(OC(=COC)C(=O)OC)c1. The Morgan fingerprint density at radius 1 is 1.09 bits per heavy atom. The van der Waals surface area contributed by atoms with Crippen molar-refractivity contribution < 1.29 is 28.6 Å². The van der Waals surface area contributed by atoms with Crippen LogP contribution in [-0.4, -0.2) is 46.8 Å². The lowest BCUT2D eigenvalue weighted by Crippen LogP contribution is -2.46. The van der Waals surface area contributed by atoms with Crippen LogP contribution in [-0.2, 0) is 19.1 Å². The molecule has 0 aliphatic rings. The fraction of sp³-hybridized carbons (Fsp3) is 0.407. The molecular weight excluding hydrogens is 462 g/mol. The Bertz CT molecular complexity index is 1050. The summed E-state index contributed by atoms with van der Waals surface area (Å²) in [6.45, 7) is 11.1. The average Bonchev–Trinajstić information content (AvgIpc) is 2.84. The molecule has 2 rings (SSSR count). The van der Waals surface area contributed by atoms with E-state index in [0.717, 1.165) is 29.7 Å². The third-order valence-electron chi connectivity index (χ3n) is 5.44. The quantitative estimate of drug-likeness (QED) is 0.0725. The molecule has 8 heteroatoms. The van der Waals surface area contributed by atoms with E-state index in [9.17, 15) is 4.79 Å². The molecule has 7 nitrogen and oxygen atoms in total. The lowest BCUT2D eigenvalue weighted by atomic mass is 10.1. The second-order valence-corrected chi connectivity index (χ2v) is 13.4. The number of ether oxygens (including phenoxy) is 4. The van der Waals surface area contributed by atoms with E-state index in [1.54, 1.807) is 0 Å². The standard InChI is InChI=1S/C27H37NO6Si/c1-8-9-16-32-23-12-10-11-13-26(23)35(6,7)19-33-28-21(3)22-15-14-20(2)24(17-22)34-25(18-30-4)27(29)31-5/h10-15,17-18H,8-9,16,19H2,1-7H3. The van der Waals surface area contributed by atoms with Crippen LogP contribution in [0.1, 0.15) is 37.8 Å². The van der Waals surface area contributed by atoms with Crippen LogP contribution in [0, 0.1) is 6.92 Å². The minimum atomic E-state index is -1.97. The summed E-state index contributed by atoms with van der Waals surface area (Å²) in [5.74, 6) is 0.761.